The molecule has 0 N–H and O–H groups in total. The summed E-state index contributed by atoms with van der Waals surface area (Å²) in [4.78, 5) is 12.5. The monoisotopic (exact) mass is 370 g/mol. The Balaban J connectivity index is 1.42. The second-order valence-corrected chi connectivity index (χ2v) is 8.41. The van der Waals surface area contributed by atoms with Crippen LogP contribution in [-0.4, -0.2) is 13.1 Å². The van der Waals surface area contributed by atoms with Gasteiger partial charge in [-0.1, -0.05) is 18.2 Å². The van der Waals surface area contributed by atoms with E-state index in [1.165, 1.54) is 44.9 Å². The molecule has 2 aliphatic carbocycles. The lowest BCUT2D eigenvalue weighted by atomic mass is 9.69. The smallest absolute Gasteiger partial charge is 0.314 e. The van der Waals surface area contributed by atoms with Gasteiger partial charge in [-0.3, -0.25) is 4.79 Å². The van der Waals surface area contributed by atoms with E-state index in [9.17, 15) is 4.79 Å². The highest BCUT2D eigenvalue weighted by Crippen LogP contribution is 2.42. The number of ether oxygens (including phenoxy) is 2. The van der Waals surface area contributed by atoms with Gasteiger partial charge in [0.05, 0.1) is 12.5 Å². The van der Waals surface area contributed by atoms with Crippen LogP contribution < -0.4 is 4.74 Å². The molecule has 1 aromatic rings. The summed E-state index contributed by atoms with van der Waals surface area (Å²) in [6, 6.07) is 7.62. The van der Waals surface area contributed by atoms with E-state index < -0.39 is 0 Å². The van der Waals surface area contributed by atoms with E-state index in [0.717, 1.165) is 36.2 Å². The van der Waals surface area contributed by atoms with E-state index in [1.807, 2.05) is 24.3 Å². The zero-order chi connectivity index (χ0) is 19.1. The van der Waals surface area contributed by atoms with Crippen LogP contribution in [0.25, 0.3) is 0 Å². The third-order valence-electron chi connectivity index (χ3n) is 6.62. The minimum absolute atomic E-state index is 0.0531. The van der Waals surface area contributed by atoms with E-state index in [0.29, 0.717) is 12.4 Å². The number of carbonyl (C=O) groups is 1. The van der Waals surface area contributed by atoms with Gasteiger partial charge < -0.3 is 9.47 Å². The molecular weight excluding hydrogens is 336 g/mol. The molecule has 27 heavy (non-hydrogen) atoms. The molecule has 0 atom stereocenters. The average Bonchev–Trinajstić information content (AvgIpc) is 2.71. The van der Waals surface area contributed by atoms with Crippen molar-refractivity contribution in [2.45, 2.75) is 64.4 Å². The van der Waals surface area contributed by atoms with Gasteiger partial charge in [0.1, 0.15) is 5.75 Å². The van der Waals surface area contributed by atoms with E-state index in [4.69, 9.17) is 9.47 Å². The first-order valence-electron chi connectivity index (χ1n) is 10.6. The number of rotatable bonds is 7. The second-order valence-electron chi connectivity index (χ2n) is 8.41. The highest BCUT2D eigenvalue weighted by molar-refractivity contribution is 5.75. The standard InChI is InChI=1S/C24H34O3/c1-3-4-18-5-9-20(10-6-18)21-11-13-22(14-12-21)24(25)27-23-15-7-19(8-16-23)17-26-2/h3,7-8,15-16,18,20-22H,1,4-6,9-14,17H2,2H3/t18-,20-,21-,22-. The lowest BCUT2D eigenvalue weighted by Crippen LogP contribution is -2.30. The third-order valence-corrected chi connectivity index (χ3v) is 6.62. The van der Waals surface area contributed by atoms with Crippen LogP contribution in [-0.2, 0) is 16.1 Å². The third kappa shape index (κ3) is 5.68. The molecule has 0 unspecified atom stereocenters. The maximum Gasteiger partial charge on any atom is 0.314 e. The van der Waals surface area contributed by atoms with Gasteiger partial charge in [0.15, 0.2) is 0 Å². The predicted molar refractivity (Wildman–Crippen MR) is 109 cm³/mol. The van der Waals surface area contributed by atoms with Crippen molar-refractivity contribution in [3.05, 3.63) is 42.5 Å². The molecule has 0 radical (unpaired) electrons. The van der Waals surface area contributed by atoms with Gasteiger partial charge in [-0.15, -0.1) is 6.58 Å². The van der Waals surface area contributed by atoms with Crippen LogP contribution in [0.4, 0.5) is 0 Å². The highest BCUT2D eigenvalue weighted by atomic mass is 16.5. The number of methoxy groups -OCH3 is 1. The van der Waals surface area contributed by atoms with E-state index in [1.54, 1.807) is 7.11 Å². The molecule has 1 aromatic carbocycles. The van der Waals surface area contributed by atoms with E-state index in [-0.39, 0.29) is 11.9 Å². The molecule has 0 heterocycles. The highest BCUT2D eigenvalue weighted by Gasteiger charge is 2.33. The average molecular weight is 371 g/mol. The van der Waals surface area contributed by atoms with Crippen molar-refractivity contribution in [3.8, 4) is 5.75 Å². The number of carbonyl (C=O) groups excluding carboxylic acids is 1. The lowest BCUT2D eigenvalue weighted by molar-refractivity contribution is -0.140. The molecule has 0 amide bonds. The summed E-state index contributed by atoms with van der Waals surface area (Å²) in [6.45, 7) is 4.46. The first-order chi connectivity index (χ1) is 13.2. The van der Waals surface area contributed by atoms with Crippen LogP contribution in [0.3, 0.4) is 0 Å². The number of esters is 1. The number of allylic oxidation sites excluding steroid dienone is 1. The molecule has 2 fully saturated rings. The molecular formula is C24H34O3. The zero-order valence-electron chi connectivity index (χ0n) is 16.7. The first kappa shape index (κ1) is 20.1. The lowest BCUT2D eigenvalue weighted by Gasteiger charge is -2.37. The van der Waals surface area contributed by atoms with Crippen molar-refractivity contribution < 1.29 is 14.3 Å². The fourth-order valence-electron chi connectivity index (χ4n) is 4.98. The molecule has 2 saturated carbocycles. The van der Waals surface area contributed by atoms with Crippen LogP contribution in [0, 0.1) is 23.7 Å². The van der Waals surface area contributed by atoms with Crippen molar-refractivity contribution >= 4 is 5.97 Å². The summed E-state index contributed by atoms with van der Waals surface area (Å²) < 4.78 is 10.7. The largest absolute Gasteiger partial charge is 0.426 e. The normalized spacial score (nSPS) is 28.5. The first-order valence-corrected chi connectivity index (χ1v) is 10.6. The summed E-state index contributed by atoms with van der Waals surface area (Å²) >= 11 is 0. The van der Waals surface area contributed by atoms with Crippen LogP contribution in [0.2, 0.25) is 0 Å². The van der Waals surface area contributed by atoms with Gasteiger partial charge in [-0.25, -0.2) is 0 Å². The summed E-state index contributed by atoms with van der Waals surface area (Å²) in [5, 5.41) is 0. The molecule has 0 saturated heterocycles. The summed E-state index contributed by atoms with van der Waals surface area (Å²) in [6.07, 6.45) is 13.0. The maximum absolute atomic E-state index is 12.5. The Hall–Kier alpha value is -1.61. The molecule has 0 aromatic heterocycles. The van der Waals surface area contributed by atoms with Gasteiger partial charge in [0, 0.05) is 7.11 Å². The summed E-state index contributed by atoms with van der Waals surface area (Å²) in [5.41, 5.74) is 1.08. The molecule has 3 nitrogen and oxygen atoms in total. The van der Waals surface area contributed by atoms with Crippen molar-refractivity contribution in [3.63, 3.8) is 0 Å². The quantitative estimate of drug-likeness (QED) is 0.339. The molecule has 2 aliphatic rings. The van der Waals surface area contributed by atoms with Gasteiger partial charge in [-0.2, -0.15) is 0 Å². The van der Waals surface area contributed by atoms with Crippen molar-refractivity contribution in [2.24, 2.45) is 23.7 Å². The molecule has 3 heteroatoms. The molecule has 0 spiro atoms. The minimum Gasteiger partial charge on any atom is -0.426 e. The van der Waals surface area contributed by atoms with Crippen LogP contribution >= 0.6 is 0 Å². The predicted octanol–water partition coefficient (Wildman–Crippen LogP) is 5.93. The Morgan fingerprint density at radius 3 is 2.15 bits per heavy atom. The summed E-state index contributed by atoms with van der Waals surface area (Å²) in [7, 11) is 1.68. The Morgan fingerprint density at radius 2 is 1.59 bits per heavy atom. The Bertz CT molecular complexity index is 591. The fraction of sp³-hybridized carbons (Fsp3) is 0.625. The van der Waals surface area contributed by atoms with Gasteiger partial charge in [0.2, 0.25) is 0 Å². The topological polar surface area (TPSA) is 35.5 Å². The van der Waals surface area contributed by atoms with Gasteiger partial charge >= 0.3 is 5.97 Å². The van der Waals surface area contributed by atoms with Crippen molar-refractivity contribution in [1.29, 1.82) is 0 Å². The van der Waals surface area contributed by atoms with Gasteiger partial charge in [0.25, 0.3) is 0 Å². The van der Waals surface area contributed by atoms with Crippen molar-refractivity contribution in [1.82, 2.24) is 0 Å². The Labute approximate surface area is 164 Å². The number of benzene rings is 1. The van der Waals surface area contributed by atoms with E-state index >= 15 is 0 Å². The Kier molecular flexibility index (Phi) is 7.51. The fourth-order valence-corrected chi connectivity index (χ4v) is 4.98. The maximum atomic E-state index is 12.5. The van der Waals surface area contributed by atoms with Crippen LogP contribution in [0.15, 0.2) is 36.9 Å². The zero-order valence-corrected chi connectivity index (χ0v) is 16.7. The van der Waals surface area contributed by atoms with Crippen LogP contribution in [0.5, 0.6) is 5.75 Å². The van der Waals surface area contributed by atoms with E-state index in [2.05, 4.69) is 12.7 Å². The minimum atomic E-state index is -0.0531. The molecule has 0 aliphatic heterocycles. The number of hydrogen-bond acceptors (Lipinski definition) is 3. The number of hydrogen-bond donors (Lipinski definition) is 0. The SMILES string of the molecule is C=CC[C@H]1CC[C@H]([C@H]2CC[C@H](C(=O)Oc3ccc(COC)cc3)CC2)CC1. The van der Waals surface area contributed by atoms with Crippen molar-refractivity contribution in [2.75, 3.05) is 7.11 Å². The van der Waals surface area contributed by atoms with Crippen LogP contribution in [0.1, 0.15) is 63.4 Å². The Morgan fingerprint density at radius 1 is 1.00 bits per heavy atom. The second kappa shape index (κ2) is 10.1. The van der Waals surface area contributed by atoms with Gasteiger partial charge in [-0.05, 0) is 93.2 Å². The molecule has 3 rings (SSSR count). The molecule has 148 valence electrons. The summed E-state index contributed by atoms with van der Waals surface area (Å²) in [5.74, 6) is 3.20. The molecule has 0 bridgehead atoms.